The third kappa shape index (κ3) is 4.35. The number of likely N-dealkylation sites (tertiary alicyclic amines) is 1. The summed E-state index contributed by atoms with van der Waals surface area (Å²) in [5.74, 6) is -0.165. The minimum atomic E-state index is -0.185. The van der Waals surface area contributed by atoms with Crippen molar-refractivity contribution in [2.75, 3.05) is 30.3 Å². The first-order chi connectivity index (χ1) is 12.5. The summed E-state index contributed by atoms with van der Waals surface area (Å²) in [7, 11) is 0. The van der Waals surface area contributed by atoms with Crippen LogP contribution in [0, 0.1) is 6.92 Å². The molecule has 1 aliphatic rings. The van der Waals surface area contributed by atoms with Crippen LogP contribution >= 0.6 is 11.6 Å². The van der Waals surface area contributed by atoms with Gasteiger partial charge in [0.25, 0.3) is 5.91 Å². The Hall–Kier alpha value is -2.53. The third-order valence-electron chi connectivity index (χ3n) is 4.49. The SMILES string of the molecule is Cc1c(Cl)cccc1NCC(=O)Nc1cccc(C(=O)N2CCCC2)c1. The van der Waals surface area contributed by atoms with Crippen LogP contribution in [0.25, 0.3) is 0 Å². The van der Waals surface area contributed by atoms with Crippen LogP contribution in [0.5, 0.6) is 0 Å². The molecular weight excluding hydrogens is 350 g/mol. The Morgan fingerprint density at radius 3 is 2.62 bits per heavy atom. The molecule has 0 radical (unpaired) electrons. The van der Waals surface area contributed by atoms with Gasteiger partial charge in [-0.05, 0) is 55.7 Å². The number of amides is 2. The molecule has 1 heterocycles. The topological polar surface area (TPSA) is 61.4 Å². The van der Waals surface area contributed by atoms with Crippen molar-refractivity contribution in [3.63, 3.8) is 0 Å². The van der Waals surface area contributed by atoms with Crippen molar-refractivity contribution in [1.29, 1.82) is 0 Å². The van der Waals surface area contributed by atoms with Gasteiger partial charge in [0.2, 0.25) is 5.91 Å². The van der Waals surface area contributed by atoms with E-state index in [1.165, 1.54) is 0 Å². The van der Waals surface area contributed by atoms with Crippen LogP contribution < -0.4 is 10.6 Å². The molecule has 26 heavy (non-hydrogen) atoms. The van der Waals surface area contributed by atoms with E-state index in [-0.39, 0.29) is 18.4 Å². The van der Waals surface area contributed by atoms with Crippen LogP contribution in [0.4, 0.5) is 11.4 Å². The lowest BCUT2D eigenvalue weighted by Crippen LogP contribution is -2.27. The van der Waals surface area contributed by atoms with Crippen molar-refractivity contribution in [1.82, 2.24) is 4.90 Å². The van der Waals surface area contributed by atoms with E-state index in [2.05, 4.69) is 10.6 Å². The molecule has 1 fully saturated rings. The Morgan fingerprint density at radius 1 is 1.12 bits per heavy atom. The van der Waals surface area contributed by atoms with Gasteiger partial charge in [-0.25, -0.2) is 0 Å². The van der Waals surface area contributed by atoms with Crippen LogP contribution in [-0.4, -0.2) is 36.3 Å². The van der Waals surface area contributed by atoms with Crippen molar-refractivity contribution in [3.05, 3.63) is 58.6 Å². The Kier molecular flexibility index (Phi) is 5.78. The summed E-state index contributed by atoms with van der Waals surface area (Å²) >= 11 is 6.08. The van der Waals surface area contributed by atoms with Gasteiger partial charge in [-0.2, -0.15) is 0 Å². The number of carbonyl (C=O) groups is 2. The van der Waals surface area contributed by atoms with Crippen LogP contribution in [0.15, 0.2) is 42.5 Å². The minimum absolute atomic E-state index is 0.0197. The highest BCUT2D eigenvalue weighted by molar-refractivity contribution is 6.31. The van der Waals surface area contributed by atoms with Gasteiger partial charge in [-0.1, -0.05) is 23.7 Å². The van der Waals surface area contributed by atoms with Crippen molar-refractivity contribution in [3.8, 4) is 0 Å². The number of hydrogen-bond acceptors (Lipinski definition) is 3. The van der Waals surface area contributed by atoms with Crippen LogP contribution in [0.1, 0.15) is 28.8 Å². The summed E-state index contributed by atoms with van der Waals surface area (Å²) in [6.07, 6.45) is 2.10. The molecule has 5 nitrogen and oxygen atoms in total. The van der Waals surface area contributed by atoms with E-state index < -0.39 is 0 Å². The second kappa shape index (κ2) is 8.23. The van der Waals surface area contributed by atoms with Crippen molar-refractivity contribution in [2.24, 2.45) is 0 Å². The van der Waals surface area contributed by atoms with E-state index in [4.69, 9.17) is 11.6 Å². The zero-order chi connectivity index (χ0) is 18.5. The third-order valence-corrected chi connectivity index (χ3v) is 4.90. The second-order valence-electron chi connectivity index (χ2n) is 6.39. The average molecular weight is 372 g/mol. The van der Waals surface area contributed by atoms with Crippen LogP contribution in [0.2, 0.25) is 5.02 Å². The Bertz CT molecular complexity index is 816. The predicted octanol–water partition coefficient (Wildman–Crippen LogP) is 3.94. The highest BCUT2D eigenvalue weighted by Gasteiger charge is 2.19. The molecule has 0 aliphatic carbocycles. The molecule has 0 unspecified atom stereocenters. The van der Waals surface area contributed by atoms with E-state index in [0.717, 1.165) is 37.2 Å². The van der Waals surface area contributed by atoms with E-state index >= 15 is 0 Å². The fourth-order valence-corrected chi connectivity index (χ4v) is 3.19. The normalized spacial score (nSPS) is 13.5. The number of hydrogen-bond donors (Lipinski definition) is 2. The number of benzene rings is 2. The molecule has 136 valence electrons. The van der Waals surface area contributed by atoms with Crippen LogP contribution in [-0.2, 0) is 4.79 Å². The van der Waals surface area contributed by atoms with Gasteiger partial charge in [-0.3, -0.25) is 9.59 Å². The number of nitrogens with one attached hydrogen (secondary N) is 2. The average Bonchev–Trinajstić information content (AvgIpc) is 3.17. The molecule has 0 bridgehead atoms. The number of nitrogens with zero attached hydrogens (tertiary/aromatic N) is 1. The minimum Gasteiger partial charge on any atom is -0.376 e. The second-order valence-corrected chi connectivity index (χ2v) is 6.80. The smallest absolute Gasteiger partial charge is 0.253 e. The first-order valence-electron chi connectivity index (χ1n) is 8.73. The Balaban J connectivity index is 1.59. The molecule has 2 amide bonds. The number of rotatable bonds is 5. The van der Waals surface area contributed by atoms with Crippen molar-refractivity contribution in [2.45, 2.75) is 19.8 Å². The quantitative estimate of drug-likeness (QED) is 0.837. The van der Waals surface area contributed by atoms with Crippen LogP contribution in [0.3, 0.4) is 0 Å². The van der Waals surface area contributed by atoms with E-state index in [1.807, 2.05) is 30.0 Å². The van der Waals surface area contributed by atoms with Gasteiger partial charge < -0.3 is 15.5 Å². The first-order valence-corrected chi connectivity index (χ1v) is 9.10. The Morgan fingerprint density at radius 2 is 1.85 bits per heavy atom. The molecule has 2 aromatic carbocycles. The first kappa shape index (κ1) is 18.3. The molecule has 2 aromatic rings. The molecule has 0 spiro atoms. The maximum atomic E-state index is 12.5. The summed E-state index contributed by atoms with van der Waals surface area (Å²) in [5.41, 5.74) is 2.94. The van der Waals surface area contributed by atoms with Gasteiger partial charge >= 0.3 is 0 Å². The zero-order valence-electron chi connectivity index (χ0n) is 14.7. The Labute approximate surface area is 158 Å². The summed E-state index contributed by atoms with van der Waals surface area (Å²) in [6, 6.07) is 12.6. The van der Waals surface area contributed by atoms with Crippen molar-refractivity contribution >= 4 is 34.8 Å². The molecule has 3 rings (SSSR count). The maximum absolute atomic E-state index is 12.5. The number of anilines is 2. The lowest BCUT2D eigenvalue weighted by atomic mass is 10.1. The summed E-state index contributed by atoms with van der Waals surface area (Å²) in [5, 5.41) is 6.57. The number of halogens is 1. The molecule has 6 heteroatoms. The van der Waals surface area contributed by atoms with E-state index in [9.17, 15) is 9.59 Å². The van der Waals surface area contributed by atoms with E-state index in [0.29, 0.717) is 16.3 Å². The fraction of sp³-hybridized carbons (Fsp3) is 0.300. The molecule has 0 atom stereocenters. The molecule has 0 aromatic heterocycles. The van der Waals surface area contributed by atoms with Crippen molar-refractivity contribution < 1.29 is 9.59 Å². The lowest BCUT2D eigenvalue weighted by Gasteiger charge is -2.16. The fourth-order valence-electron chi connectivity index (χ4n) is 3.01. The summed E-state index contributed by atoms with van der Waals surface area (Å²) < 4.78 is 0. The monoisotopic (exact) mass is 371 g/mol. The molecule has 1 saturated heterocycles. The zero-order valence-corrected chi connectivity index (χ0v) is 15.5. The molecule has 0 saturated carbocycles. The molecule has 2 N–H and O–H groups in total. The predicted molar refractivity (Wildman–Crippen MR) is 105 cm³/mol. The molecular formula is C20H22ClN3O2. The highest BCUT2D eigenvalue weighted by atomic mass is 35.5. The maximum Gasteiger partial charge on any atom is 0.253 e. The standard InChI is InChI=1S/C20H22ClN3O2/c1-14-17(21)8-5-9-18(14)22-13-19(25)23-16-7-4-6-15(12-16)20(26)24-10-2-3-11-24/h4-9,12,22H,2-3,10-11,13H2,1H3,(H,23,25). The largest absolute Gasteiger partial charge is 0.376 e. The molecule has 1 aliphatic heterocycles. The van der Waals surface area contributed by atoms with Gasteiger partial charge in [0.15, 0.2) is 0 Å². The van der Waals surface area contributed by atoms with E-state index in [1.54, 1.807) is 24.3 Å². The summed E-state index contributed by atoms with van der Waals surface area (Å²) in [4.78, 5) is 26.5. The van der Waals surface area contributed by atoms with Gasteiger partial charge in [0, 0.05) is 35.1 Å². The van der Waals surface area contributed by atoms with Gasteiger partial charge in [-0.15, -0.1) is 0 Å². The highest BCUT2D eigenvalue weighted by Crippen LogP contribution is 2.22. The lowest BCUT2D eigenvalue weighted by molar-refractivity contribution is -0.114. The summed E-state index contributed by atoms with van der Waals surface area (Å²) in [6.45, 7) is 3.62. The van der Waals surface area contributed by atoms with Gasteiger partial charge in [0.1, 0.15) is 0 Å². The number of carbonyl (C=O) groups excluding carboxylic acids is 2. The van der Waals surface area contributed by atoms with Gasteiger partial charge in [0.05, 0.1) is 6.54 Å².